The summed E-state index contributed by atoms with van der Waals surface area (Å²) in [6.07, 6.45) is 1.66. The van der Waals surface area contributed by atoms with Gasteiger partial charge in [-0.05, 0) is 30.9 Å². The molecule has 1 heterocycles. The summed E-state index contributed by atoms with van der Waals surface area (Å²) in [4.78, 5) is 20.1. The number of fused-ring (bicyclic) bond motifs is 1. The van der Waals surface area contributed by atoms with Gasteiger partial charge < -0.3 is 5.11 Å². The van der Waals surface area contributed by atoms with Crippen molar-refractivity contribution in [2.45, 2.75) is 33.6 Å². The molecule has 0 radical (unpaired) electrons. The van der Waals surface area contributed by atoms with Crippen molar-refractivity contribution < 1.29 is 9.90 Å². The molecule has 1 aromatic heterocycles. The summed E-state index contributed by atoms with van der Waals surface area (Å²) in [5.41, 5.74) is 1.72. The van der Waals surface area contributed by atoms with Gasteiger partial charge in [-0.1, -0.05) is 26.0 Å². The van der Waals surface area contributed by atoms with Crippen LogP contribution in [-0.4, -0.2) is 21.0 Å². The van der Waals surface area contributed by atoms with E-state index < -0.39 is 5.97 Å². The molecule has 0 saturated carbocycles. The lowest BCUT2D eigenvalue weighted by molar-refractivity contribution is 0.0692. The fourth-order valence-corrected chi connectivity index (χ4v) is 2.09. The van der Waals surface area contributed by atoms with Crippen molar-refractivity contribution in [2.75, 3.05) is 0 Å². The minimum atomic E-state index is -0.993. The van der Waals surface area contributed by atoms with E-state index in [2.05, 4.69) is 23.8 Å². The number of carboxylic acid groups (broad SMARTS) is 1. The van der Waals surface area contributed by atoms with Crippen molar-refractivity contribution in [3.05, 3.63) is 35.3 Å². The smallest absolute Gasteiger partial charge is 0.355 e. The number of hydrogen-bond acceptors (Lipinski definition) is 3. The van der Waals surface area contributed by atoms with Crippen molar-refractivity contribution in [2.24, 2.45) is 5.92 Å². The molecule has 0 saturated heterocycles. The lowest BCUT2D eigenvalue weighted by Crippen LogP contribution is -2.08. The Morgan fingerprint density at radius 3 is 2.68 bits per heavy atom. The van der Waals surface area contributed by atoms with E-state index in [4.69, 9.17) is 0 Å². The SMILES string of the molecule is Cc1cccc2nc(CCC(C)C)nc(C(=O)O)c12. The Morgan fingerprint density at radius 1 is 1.32 bits per heavy atom. The molecule has 4 heteroatoms. The second-order valence-corrected chi connectivity index (χ2v) is 5.20. The van der Waals surface area contributed by atoms with Crippen LogP contribution in [0.2, 0.25) is 0 Å². The zero-order valence-corrected chi connectivity index (χ0v) is 11.5. The van der Waals surface area contributed by atoms with E-state index >= 15 is 0 Å². The van der Waals surface area contributed by atoms with E-state index in [0.29, 0.717) is 29.1 Å². The molecule has 2 aromatic rings. The van der Waals surface area contributed by atoms with Gasteiger partial charge in [-0.2, -0.15) is 0 Å². The maximum atomic E-state index is 11.4. The standard InChI is InChI=1S/C15H18N2O2/c1-9(2)7-8-12-16-11-6-4-5-10(3)13(11)14(17-12)15(18)19/h4-6,9H,7-8H2,1-3H3,(H,18,19). The fourth-order valence-electron chi connectivity index (χ4n) is 2.09. The highest BCUT2D eigenvalue weighted by atomic mass is 16.4. The van der Waals surface area contributed by atoms with Gasteiger partial charge in [-0.3, -0.25) is 0 Å². The second kappa shape index (κ2) is 5.34. The first-order valence-electron chi connectivity index (χ1n) is 6.48. The third-order valence-electron chi connectivity index (χ3n) is 3.13. The first-order chi connectivity index (χ1) is 8.99. The number of nitrogens with zero attached hydrogens (tertiary/aromatic N) is 2. The van der Waals surface area contributed by atoms with Crippen LogP contribution in [0.3, 0.4) is 0 Å². The third-order valence-corrected chi connectivity index (χ3v) is 3.13. The summed E-state index contributed by atoms with van der Waals surface area (Å²) < 4.78 is 0. The van der Waals surface area contributed by atoms with Gasteiger partial charge in [0.2, 0.25) is 0 Å². The van der Waals surface area contributed by atoms with Gasteiger partial charge in [0.15, 0.2) is 5.69 Å². The quantitative estimate of drug-likeness (QED) is 0.914. The topological polar surface area (TPSA) is 63.1 Å². The molecule has 0 bridgehead atoms. The second-order valence-electron chi connectivity index (χ2n) is 5.20. The van der Waals surface area contributed by atoms with Crippen molar-refractivity contribution in [1.82, 2.24) is 9.97 Å². The van der Waals surface area contributed by atoms with E-state index in [0.717, 1.165) is 12.0 Å². The molecule has 0 aliphatic carbocycles. The molecule has 0 spiro atoms. The molecule has 0 atom stereocenters. The molecule has 2 rings (SSSR count). The van der Waals surface area contributed by atoms with Crippen LogP contribution in [0.1, 0.15) is 42.1 Å². The molecule has 0 fully saturated rings. The highest BCUT2D eigenvalue weighted by Crippen LogP contribution is 2.21. The van der Waals surface area contributed by atoms with Gasteiger partial charge in [0, 0.05) is 11.8 Å². The van der Waals surface area contributed by atoms with Crippen LogP contribution in [0.4, 0.5) is 0 Å². The summed E-state index contributed by atoms with van der Waals surface area (Å²) >= 11 is 0. The maximum Gasteiger partial charge on any atom is 0.355 e. The molecule has 0 unspecified atom stereocenters. The molecule has 1 N–H and O–H groups in total. The minimum absolute atomic E-state index is 0.113. The predicted octanol–water partition coefficient (Wildman–Crippen LogP) is 3.23. The number of aryl methyl sites for hydroxylation is 2. The van der Waals surface area contributed by atoms with Crippen LogP contribution < -0.4 is 0 Å². The summed E-state index contributed by atoms with van der Waals surface area (Å²) in [7, 11) is 0. The van der Waals surface area contributed by atoms with E-state index in [-0.39, 0.29) is 5.69 Å². The molecular weight excluding hydrogens is 240 g/mol. The molecule has 0 aliphatic heterocycles. The van der Waals surface area contributed by atoms with Crippen LogP contribution in [0.15, 0.2) is 18.2 Å². The molecule has 0 amide bonds. The summed E-state index contributed by atoms with van der Waals surface area (Å²) in [5, 5.41) is 9.96. The molecule has 4 nitrogen and oxygen atoms in total. The Hall–Kier alpha value is -1.97. The van der Waals surface area contributed by atoms with E-state index in [1.807, 2.05) is 25.1 Å². The largest absolute Gasteiger partial charge is 0.476 e. The van der Waals surface area contributed by atoms with Gasteiger partial charge in [0.1, 0.15) is 5.82 Å². The van der Waals surface area contributed by atoms with Crippen LogP contribution in [0, 0.1) is 12.8 Å². The third kappa shape index (κ3) is 2.89. The van der Waals surface area contributed by atoms with Crippen LogP contribution in [0.25, 0.3) is 10.9 Å². The van der Waals surface area contributed by atoms with Crippen LogP contribution >= 0.6 is 0 Å². The summed E-state index contributed by atoms with van der Waals surface area (Å²) in [6.45, 7) is 6.14. The van der Waals surface area contributed by atoms with Crippen molar-refractivity contribution >= 4 is 16.9 Å². The fraction of sp³-hybridized carbons (Fsp3) is 0.400. The number of aromatic carboxylic acids is 1. The number of benzene rings is 1. The average molecular weight is 258 g/mol. The van der Waals surface area contributed by atoms with Crippen molar-refractivity contribution in [3.63, 3.8) is 0 Å². The Morgan fingerprint density at radius 2 is 2.05 bits per heavy atom. The first-order valence-corrected chi connectivity index (χ1v) is 6.48. The maximum absolute atomic E-state index is 11.4. The van der Waals surface area contributed by atoms with Crippen LogP contribution in [0.5, 0.6) is 0 Å². The Balaban J connectivity index is 2.55. The zero-order chi connectivity index (χ0) is 14.0. The van der Waals surface area contributed by atoms with E-state index in [1.165, 1.54) is 0 Å². The highest BCUT2D eigenvalue weighted by Gasteiger charge is 2.15. The zero-order valence-electron chi connectivity index (χ0n) is 11.5. The Kier molecular flexibility index (Phi) is 3.79. The van der Waals surface area contributed by atoms with Crippen molar-refractivity contribution in [3.8, 4) is 0 Å². The number of hydrogen-bond donors (Lipinski definition) is 1. The van der Waals surface area contributed by atoms with Gasteiger partial charge >= 0.3 is 5.97 Å². The molecule has 19 heavy (non-hydrogen) atoms. The van der Waals surface area contributed by atoms with Gasteiger partial charge in [-0.25, -0.2) is 14.8 Å². The van der Waals surface area contributed by atoms with Crippen LogP contribution in [-0.2, 0) is 6.42 Å². The molecule has 100 valence electrons. The number of rotatable bonds is 4. The number of aromatic nitrogens is 2. The highest BCUT2D eigenvalue weighted by molar-refractivity contribution is 6.01. The van der Waals surface area contributed by atoms with E-state index in [9.17, 15) is 9.90 Å². The summed E-state index contributed by atoms with van der Waals surface area (Å²) in [6, 6.07) is 5.61. The summed E-state index contributed by atoms with van der Waals surface area (Å²) in [5.74, 6) is 0.168. The molecule has 1 aromatic carbocycles. The molecule has 0 aliphatic rings. The predicted molar refractivity (Wildman–Crippen MR) is 74.4 cm³/mol. The molecular formula is C15H18N2O2. The monoisotopic (exact) mass is 258 g/mol. The van der Waals surface area contributed by atoms with E-state index in [1.54, 1.807) is 0 Å². The average Bonchev–Trinajstić information content (AvgIpc) is 2.35. The van der Waals surface area contributed by atoms with Gasteiger partial charge in [0.05, 0.1) is 5.52 Å². The lowest BCUT2D eigenvalue weighted by atomic mass is 10.1. The Labute approximate surface area is 112 Å². The lowest BCUT2D eigenvalue weighted by Gasteiger charge is -2.09. The first kappa shape index (κ1) is 13.5. The normalized spacial score (nSPS) is 11.2. The minimum Gasteiger partial charge on any atom is -0.476 e. The Bertz CT molecular complexity index is 621. The van der Waals surface area contributed by atoms with Gasteiger partial charge in [0.25, 0.3) is 0 Å². The number of carboxylic acids is 1. The van der Waals surface area contributed by atoms with Gasteiger partial charge in [-0.15, -0.1) is 0 Å². The van der Waals surface area contributed by atoms with Crippen molar-refractivity contribution in [1.29, 1.82) is 0 Å². The number of carbonyl (C=O) groups is 1.